The fraction of sp³-hybridized carbons (Fsp3) is 0.900. The van der Waals surface area contributed by atoms with Crippen molar-refractivity contribution >= 4 is 6.03 Å². The van der Waals surface area contributed by atoms with Gasteiger partial charge in [0.05, 0.1) is 0 Å². The Morgan fingerprint density at radius 1 is 1.43 bits per heavy atom. The van der Waals surface area contributed by atoms with E-state index in [1.165, 1.54) is 32.1 Å². The summed E-state index contributed by atoms with van der Waals surface area (Å²) in [5.74, 6) is 5.69. The van der Waals surface area contributed by atoms with Crippen molar-refractivity contribution in [3.8, 4) is 0 Å². The number of nitrogens with two attached hydrogens (primary N) is 1. The highest BCUT2D eigenvalue weighted by Gasteiger charge is 2.23. The van der Waals surface area contributed by atoms with Crippen LogP contribution in [0, 0.1) is 5.92 Å². The number of hydrazine groups is 1. The number of carbonyl (C=O) groups excluding carboxylic acids is 1. The molecule has 1 aliphatic carbocycles. The van der Waals surface area contributed by atoms with Crippen LogP contribution in [0.1, 0.15) is 45.4 Å². The Kier molecular flexibility index (Phi) is 4.73. The second-order valence-corrected chi connectivity index (χ2v) is 4.03. The lowest BCUT2D eigenvalue weighted by atomic mass is 9.83. The van der Waals surface area contributed by atoms with E-state index in [-0.39, 0.29) is 6.03 Å². The predicted molar refractivity (Wildman–Crippen MR) is 56.5 cm³/mol. The van der Waals surface area contributed by atoms with Crippen molar-refractivity contribution in [2.75, 3.05) is 0 Å². The monoisotopic (exact) mass is 199 g/mol. The Bertz CT molecular complexity index is 178. The molecule has 0 spiro atoms. The van der Waals surface area contributed by atoms with Crippen LogP contribution < -0.4 is 16.6 Å². The third-order valence-corrected chi connectivity index (χ3v) is 3.11. The summed E-state index contributed by atoms with van der Waals surface area (Å²) in [5.41, 5.74) is 2.12. The van der Waals surface area contributed by atoms with E-state index in [0.29, 0.717) is 12.0 Å². The largest absolute Gasteiger partial charge is 0.334 e. The minimum absolute atomic E-state index is 0.262. The molecule has 0 radical (unpaired) electrons. The van der Waals surface area contributed by atoms with Gasteiger partial charge in [-0.2, -0.15) is 0 Å². The van der Waals surface area contributed by atoms with Gasteiger partial charge in [0.15, 0.2) is 0 Å². The molecular formula is C10H21N3O. The molecule has 4 heteroatoms. The molecule has 0 heterocycles. The number of nitrogens with one attached hydrogen (secondary N) is 2. The predicted octanol–water partition coefficient (Wildman–Crippen LogP) is 1.52. The smallest absolute Gasteiger partial charge is 0.329 e. The van der Waals surface area contributed by atoms with Gasteiger partial charge < -0.3 is 5.32 Å². The number of urea groups is 1. The van der Waals surface area contributed by atoms with Gasteiger partial charge >= 0.3 is 6.03 Å². The maximum absolute atomic E-state index is 11.1. The molecule has 0 bridgehead atoms. The second-order valence-electron chi connectivity index (χ2n) is 4.03. The Morgan fingerprint density at radius 3 is 2.57 bits per heavy atom. The highest BCUT2D eigenvalue weighted by molar-refractivity contribution is 5.73. The van der Waals surface area contributed by atoms with Gasteiger partial charge in [0.1, 0.15) is 0 Å². The number of hydrogen-bond acceptors (Lipinski definition) is 2. The van der Waals surface area contributed by atoms with Gasteiger partial charge in [0.2, 0.25) is 0 Å². The number of hydrogen-bond donors (Lipinski definition) is 3. The molecular weight excluding hydrogens is 178 g/mol. The summed E-state index contributed by atoms with van der Waals surface area (Å²) in [5, 5.41) is 2.91. The van der Waals surface area contributed by atoms with Crippen molar-refractivity contribution in [1.82, 2.24) is 10.7 Å². The number of rotatable bonds is 3. The summed E-state index contributed by atoms with van der Waals surface area (Å²) in [6, 6.07) is 0.0290. The van der Waals surface area contributed by atoms with Crippen molar-refractivity contribution in [3.05, 3.63) is 0 Å². The van der Waals surface area contributed by atoms with Crippen LogP contribution in [0.3, 0.4) is 0 Å². The van der Waals surface area contributed by atoms with Crippen LogP contribution in [0.2, 0.25) is 0 Å². The summed E-state index contributed by atoms with van der Waals surface area (Å²) in [6.07, 6.45) is 7.40. The van der Waals surface area contributed by atoms with Gasteiger partial charge in [-0.1, -0.05) is 26.2 Å². The van der Waals surface area contributed by atoms with Crippen LogP contribution in [-0.2, 0) is 0 Å². The Labute approximate surface area is 85.6 Å². The van der Waals surface area contributed by atoms with Crippen molar-refractivity contribution in [2.45, 2.75) is 51.5 Å². The maximum atomic E-state index is 11.1. The van der Waals surface area contributed by atoms with Gasteiger partial charge in [-0.15, -0.1) is 0 Å². The average Bonchev–Trinajstić information content (AvgIpc) is 2.26. The summed E-state index contributed by atoms with van der Waals surface area (Å²) in [7, 11) is 0. The van der Waals surface area contributed by atoms with E-state index in [1.54, 1.807) is 0 Å². The molecule has 1 unspecified atom stereocenters. The van der Waals surface area contributed by atoms with E-state index in [2.05, 4.69) is 17.7 Å². The topological polar surface area (TPSA) is 67.2 Å². The summed E-state index contributed by atoms with van der Waals surface area (Å²) < 4.78 is 0. The van der Waals surface area contributed by atoms with Crippen LogP contribution in [0.5, 0.6) is 0 Å². The van der Waals surface area contributed by atoms with Crippen molar-refractivity contribution in [1.29, 1.82) is 0 Å². The van der Waals surface area contributed by atoms with Crippen LogP contribution in [0.25, 0.3) is 0 Å². The molecule has 1 fully saturated rings. The lowest BCUT2D eigenvalue weighted by molar-refractivity contribution is 0.220. The van der Waals surface area contributed by atoms with Gasteiger partial charge in [-0.3, -0.25) is 5.43 Å². The first kappa shape index (κ1) is 11.3. The molecule has 1 saturated carbocycles. The fourth-order valence-electron chi connectivity index (χ4n) is 2.30. The van der Waals surface area contributed by atoms with Gasteiger partial charge in [0, 0.05) is 6.04 Å². The number of carbonyl (C=O) groups is 1. The summed E-state index contributed by atoms with van der Waals surface area (Å²) in [6.45, 7) is 2.11. The van der Waals surface area contributed by atoms with E-state index < -0.39 is 0 Å². The van der Waals surface area contributed by atoms with Crippen molar-refractivity contribution in [2.24, 2.45) is 11.8 Å². The van der Waals surface area contributed by atoms with E-state index in [4.69, 9.17) is 5.84 Å². The van der Waals surface area contributed by atoms with Crippen LogP contribution in [0.4, 0.5) is 4.79 Å². The molecule has 0 saturated heterocycles. The van der Waals surface area contributed by atoms with Crippen LogP contribution in [0.15, 0.2) is 0 Å². The fourth-order valence-corrected chi connectivity index (χ4v) is 2.30. The molecule has 0 aliphatic heterocycles. The lowest BCUT2D eigenvalue weighted by Crippen LogP contribution is -2.47. The van der Waals surface area contributed by atoms with Crippen molar-refractivity contribution in [3.63, 3.8) is 0 Å². The summed E-state index contributed by atoms with van der Waals surface area (Å²) >= 11 is 0. The third-order valence-electron chi connectivity index (χ3n) is 3.11. The lowest BCUT2D eigenvalue weighted by Gasteiger charge is -2.29. The zero-order valence-corrected chi connectivity index (χ0v) is 8.88. The second kappa shape index (κ2) is 5.86. The molecule has 1 rings (SSSR count). The molecule has 82 valence electrons. The van der Waals surface area contributed by atoms with E-state index in [9.17, 15) is 4.79 Å². The highest BCUT2D eigenvalue weighted by atomic mass is 16.2. The molecule has 0 aromatic carbocycles. The van der Waals surface area contributed by atoms with E-state index in [0.717, 1.165) is 6.42 Å². The Hall–Kier alpha value is -0.770. The van der Waals surface area contributed by atoms with Gasteiger partial charge in [-0.25, -0.2) is 10.6 Å². The number of amides is 2. The molecule has 0 aromatic rings. The van der Waals surface area contributed by atoms with Gasteiger partial charge in [-0.05, 0) is 25.2 Å². The first-order chi connectivity index (χ1) is 6.77. The first-order valence-corrected chi connectivity index (χ1v) is 5.55. The third kappa shape index (κ3) is 3.18. The van der Waals surface area contributed by atoms with Gasteiger partial charge in [0.25, 0.3) is 0 Å². The van der Waals surface area contributed by atoms with Crippen LogP contribution in [-0.4, -0.2) is 12.1 Å². The quantitative estimate of drug-likeness (QED) is 0.366. The molecule has 4 nitrogen and oxygen atoms in total. The molecule has 4 N–H and O–H groups in total. The molecule has 1 aliphatic rings. The first-order valence-electron chi connectivity index (χ1n) is 5.55. The Balaban J connectivity index is 2.39. The van der Waals surface area contributed by atoms with Crippen LogP contribution >= 0.6 is 0 Å². The molecule has 14 heavy (non-hydrogen) atoms. The molecule has 2 amide bonds. The minimum atomic E-state index is -0.262. The maximum Gasteiger partial charge on any atom is 0.329 e. The zero-order valence-electron chi connectivity index (χ0n) is 8.88. The highest BCUT2D eigenvalue weighted by Crippen LogP contribution is 2.27. The zero-order chi connectivity index (χ0) is 10.4. The Morgan fingerprint density at radius 2 is 2.07 bits per heavy atom. The minimum Gasteiger partial charge on any atom is -0.334 e. The summed E-state index contributed by atoms with van der Waals surface area (Å²) in [4.78, 5) is 11.1. The van der Waals surface area contributed by atoms with E-state index >= 15 is 0 Å². The van der Waals surface area contributed by atoms with Crippen molar-refractivity contribution < 1.29 is 4.79 Å². The van der Waals surface area contributed by atoms with E-state index in [1.807, 2.05) is 0 Å². The SMILES string of the molecule is CCC(NC(=O)NN)C1CCCCC1. The molecule has 0 aromatic heterocycles. The standard InChI is InChI=1S/C10H21N3O/c1-2-9(12-10(14)13-11)8-6-4-3-5-7-8/h8-9H,2-7,11H2,1H3,(H2,12,13,14). The molecule has 1 atom stereocenters. The normalized spacial score (nSPS) is 20.1. The average molecular weight is 199 g/mol.